The van der Waals surface area contributed by atoms with E-state index in [-0.39, 0.29) is 5.91 Å². The zero-order chi connectivity index (χ0) is 20.5. The summed E-state index contributed by atoms with van der Waals surface area (Å²) in [6.45, 7) is 3.82. The number of carbonyl (C=O) groups is 1. The molecular weight excluding hydrogens is 364 g/mol. The Morgan fingerprint density at radius 3 is 2.59 bits per heavy atom. The van der Waals surface area contributed by atoms with Crippen LogP contribution in [0.4, 0.5) is 5.82 Å². The highest BCUT2D eigenvalue weighted by atomic mass is 16.5. The molecule has 6 nitrogen and oxygen atoms in total. The number of aromatic nitrogens is 2. The maximum absolute atomic E-state index is 12.9. The molecule has 0 aliphatic heterocycles. The standard InChI is InChI=1S/C23H26N4O2/c1-3-27(16-19-8-5-4-6-9-19)23(28)21-15-22(26-17-25-21)24-13-12-18-10-7-11-20(14-18)29-2/h4-11,14-15,17H,3,12-13,16H2,1-2H3,(H,24,25,26). The first-order chi connectivity index (χ1) is 14.2. The second kappa shape index (κ2) is 10.2. The Balaban J connectivity index is 1.61. The van der Waals surface area contributed by atoms with Crippen LogP contribution in [0.1, 0.15) is 28.5 Å². The third-order valence-corrected chi connectivity index (χ3v) is 4.63. The van der Waals surface area contributed by atoms with Gasteiger partial charge in [-0.15, -0.1) is 0 Å². The fourth-order valence-electron chi connectivity index (χ4n) is 3.03. The summed E-state index contributed by atoms with van der Waals surface area (Å²) in [6.07, 6.45) is 2.25. The third-order valence-electron chi connectivity index (χ3n) is 4.63. The number of hydrogen-bond acceptors (Lipinski definition) is 5. The maximum atomic E-state index is 12.9. The summed E-state index contributed by atoms with van der Waals surface area (Å²) in [5, 5.41) is 3.27. The van der Waals surface area contributed by atoms with Crippen LogP contribution >= 0.6 is 0 Å². The van der Waals surface area contributed by atoms with Crippen LogP contribution in [0, 0.1) is 0 Å². The lowest BCUT2D eigenvalue weighted by Gasteiger charge is -2.20. The summed E-state index contributed by atoms with van der Waals surface area (Å²) in [4.78, 5) is 23.1. The smallest absolute Gasteiger partial charge is 0.272 e. The van der Waals surface area contributed by atoms with Crippen LogP contribution in [0.5, 0.6) is 5.75 Å². The molecule has 1 N–H and O–H groups in total. The van der Waals surface area contributed by atoms with Gasteiger partial charge in [0.15, 0.2) is 0 Å². The van der Waals surface area contributed by atoms with Crippen LogP contribution in [-0.4, -0.2) is 41.0 Å². The first-order valence-electron chi connectivity index (χ1n) is 9.71. The van der Waals surface area contributed by atoms with Crippen LogP contribution < -0.4 is 10.1 Å². The SMILES string of the molecule is CCN(Cc1ccccc1)C(=O)c1cc(NCCc2cccc(OC)c2)ncn1. The molecule has 0 saturated carbocycles. The number of benzene rings is 2. The van der Waals surface area contributed by atoms with Gasteiger partial charge < -0.3 is 15.0 Å². The van der Waals surface area contributed by atoms with E-state index in [2.05, 4.69) is 21.4 Å². The van der Waals surface area contributed by atoms with E-state index in [9.17, 15) is 4.79 Å². The highest BCUT2D eigenvalue weighted by Crippen LogP contribution is 2.14. The third kappa shape index (κ3) is 5.78. The van der Waals surface area contributed by atoms with Crippen LogP contribution in [0.3, 0.4) is 0 Å². The molecule has 0 atom stereocenters. The molecule has 1 amide bonds. The van der Waals surface area contributed by atoms with Crippen LogP contribution in [-0.2, 0) is 13.0 Å². The molecule has 0 radical (unpaired) electrons. The molecule has 1 aromatic heterocycles. The van der Waals surface area contributed by atoms with E-state index in [1.54, 1.807) is 18.1 Å². The van der Waals surface area contributed by atoms with Crippen molar-refractivity contribution in [1.29, 1.82) is 0 Å². The van der Waals surface area contributed by atoms with Crippen molar-refractivity contribution in [3.63, 3.8) is 0 Å². The van der Waals surface area contributed by atoms with Crippen molar-refractivity contribution >= 4 is 11.7 Å². The number of methoxy groups -OCH3 is 1. The van der Waals surface area contributed by atoms with Crippen molar-refractivity contribution < 1.29 is 9.53 Å². The van der Waals surface area contributed by atoms with Gasteiger partial charge in [-0.05, 0) is 36.6 Å². The van der Waals surface area contributed by atoms with Crippen molar-refractivity contribution in [1.82, 2.24) is 14.9 Å². The molecule has 2 aromatic carbocycles. The van der Waals surface area contributed by atoms with Crippen molar-refractivity contribution in [2.24, 2.45) is 0 Å². The van der Waals surface area contributed by atoms with Crippen LogP contribution in [0.25, 0.3) is 0 Å². The summed E-state index contributed by atoms with van der Waals surface area (Å²) in [6, 6.07) is 19.6. The van der Waals surface area contributed by atoms with E-state index in [4.69, 9.17) is 4.74 Å². The Hall–Kier alpha value is -3.41. The van der Waals surface area contributed by atoms with Gasteiger partial charge >= 0.3 is 0 Å². The quantitative estimate of drug-likeness (QED) is 0.602. The second-order valence-corrected chi connectivity index (χ2v) is 6.62. The number of amides is 1. The molecule has 6 heteroatoms. The van der Waals surface area contributed by atoms with Crippen LogP contribution in [0.2, 0.25) is 0 Å². The molecule has 0 spiro atoms. The minimum atomic E-state index is -0.102. The second-order valence-electron chi connectivity index (χ2n) is 6.62. The lowest BCUT2D eigenvalue weighted by atomic mass is 10.1. The number of carbonyl (C=O) groups excluding carboxylic acids is 1. The Morgan fingerprint density at radius 1 is 1.03 bits per heavy atom. The Morgan fingerprint density at radius 2 is 1.83 bits per heavy atom. The van der Waals surface area contributed by atoms with Crippen molar-refractivity contribution in [3.8, 4) is 5.75 Å². The van der Waals surface area contributed by atoms with Gasteiger partial charge in [-0.2, -0.15) is 0 Å². The molecule has 0 unspecified atom stereocenters. The first-order valence-corrected chi connectivity index (χ1v) is 9.71. The molecule has 0 aliphatic rings. The average Bonchev–Trinajstić information content (AvgIpc) is 2.78. The molecule has 150 valence electrons. The predicted octanol–water partition coefficient (Wildman–Crippen LogP) is 3.80. The van der Waals surface area contributed by atoms with Gasteiger partial charge in [0.05, 0.1) is 7.11 Å². The largest absolute Gasteiger partial charge is 0.497 e. The monoisotopic (exact) mass is 390 g/mol. The normalized spacial score (nSPS) is 10.4. The lowest BCUT2D eigenvalue weighted by Crippen LogP contribution is -2.31. The molecule has 1 heterocycles. The van der Waals surface area contributed by atoms with Gasteiger partial charge in [0.25, 0.3) is 5.91 Å². The van der Waals surface area contributed by atoms with Crippen molar-refractivity contribution in [2.75, 3.05) is 25.5 Å². The Labute approximate surface area is 171 Å². The molecule has 0 saturated heterocycles. The van der Waals surface area contributed by atoms with Crippen molar-refractivity contribution in [3.05, 3.63) is 83.8 Å². The number of anilines is 1. The highest BCUT2D eigenvalue weighted by molar-refractivity contribution is 5.92. The van der Waals surface area contributed by atoms with E-state index < -0.39 is 0 Å². The molecule has 3 aromatic rings. The fraction of sp³-hybridized carbons (Fsp3) is 0.261. The van der Waals surface area contributed by atoms with Gasteiger partial charge in [-0.3, -0.25) is 4.79 Å². The molecule has 0 bridgehead atoms. The predicted molar refractivity (Wildman–Crippen MR) is 114 cm³/mol. The Kier molecular flexibility index (Phi) is 7.16. The molecule has 3 rings (SSSR count). The number of nitrogens with zero attached hydrogens (tertiary/aromatic N) is 3. The topological polar surface area (TPSA) is 67.4 Å². The number of nitrogens with one attached hydrogen (secondary N) is 1. The van der Waals surface area contributed by atoms with Gasteiger partial charge in [-0.1, -0.05) is 42.5 Å². The van der Waals surface area contributed by atoms with E-state index >= 15 is 0 Å². The zero-order valence-electron chi connectivity index (χ0n) is 16.8. The summed E-state index contributed by atoms with van der Waals surface area (Å²) in [5.74, 6) is 1.38. The molecule has 0 fully saturated rings. The van der Waals surface area contributed by atoms with Gasteiger partial charge in [0.1, 0.15) is 23.6 Å². The average molecular weight is 390 g/mol. The summed E-state index contributed by atoms with van der Waals surface area (Å²) in [7, 11) is 1.66. The molecule has 0 aliphatic carbocycles. The van der Waals surface area contributed by atoms with E-state index in [1.165, 1.54) is 11.9 Å². The Bertz CT molecular complexity index is 931. The highest BCUT2D eigenvalue weighted by Gasteiger charge is 2.16. The van der Waals surface area contributed by atoms with Crippen LogP contribution in [0.15, 0.2) is 67.0 Å². The molecule has 29 heavy (non-hydrogen) atoms. The van der Waals surface area contributed by atoms with Gasteiger partial charge in [0, 0.05) is 25.7 Å². The number of rotatable bonds is 9. The molecular formula is C23H26N4O2. The van der Waals surface area contributed by atoms with E-state index in [0.717, 1.165) is 17.7 Å². The van der Waals surface area contributed by atoms with Crippen molar-refractivity contribution in [2.45, 2.75) is 19.9 Å². The number of hydrogen-bond donors (Lipinski definition) is 1. The fourth-order valence-corrected chi connectivity index (χ4v) is 3.03. The van der Waals surface area contributed by atoms with E-state index in [1.807, 2.05) is 55.5 Å². The first kappa shape index (κ1) is 20.3. The zero-order valence-corrected chi connectivity index (χ0v) is 16.8. The summed E-state index contributed by atoms with van der Waals surface area (Å²) in [5.41, 5.74) is 2.65. The van der Waals surface area contributed by atoms with Gasteiger partial charge in [-0.25, -0.2) is 9.97 Å². The minimum absolute atomic E-state index is 0.102. The summed E-state index contributed by atoms with van der Waals surface area (Å²) >= 11 is 0. The maximum Gasteiger partial charge on any atom is 0.272 e. The van der Waals surface area contributed by atoms with Gasteiger partial charge in [0.2, 0.25) is 0 Å². The van der Waals surface area contributed by atoms with E-state index in [0.29, 0.717) is 31.1 Å². The summed E-state index contributed by atoms with van der Waals surface area (Å²) < 4.78 is 5.25. The minimum Gasteiger partial charge on any atom is -0.497 e. The lowest BCUT2D eigenvalue weighted by molar-refractivity contribution is 0.0746. The number of ether oxygens (including phenoxy) is 1.